The van der Waals surface area contributed by atoms with Crippen molar-refractivity contribution in [3.05, 3.63) is 33.7 Å². The highest BCUT2D eigenvalue weighted by Crippen LogP contribution is 2.18. The average molecular weight is 336 g/mol. The van der Waals surface area contributed by atoms with Crippen molar-refractivity contribution in [3.63, 3.8) is 0 Å². The Morgan fingerprint density at radius 2 is 2.12 bits per heavy atom. The van der Waals surface area contributed by atoms with Crippen molar-refractivity contribution in [3.8, 4) is 5.82 Å². The van der Waals surface area contributed by atoms with Crippen molar-refractivity contribution in [2.45, 2.75) is 0 Å². The van der Waals surface area contributed by atoms with Gasteiger partial charge >= 0.3 is 0 Å². The van der Waals surface area contributed by atoms with Crippen molar-refractivity contribution in [2.24, 2.45) is 0 Å². The molecule has 4 nitrogen and oxygen atoms in total. The van der Waals surface area contributed by atoms with E-state index < -0.39 is 11.6 Å². The molecule has 0 aliphatic rings. The van der Waals surface area contributed by atoms with Crippen LogP contribution in [-0.2, 0) is 0 Å². The van der Waals surface area contributed by atoms with Gasteiger partial charge in [-0.3, -0.25) is 0 Å². The maximum atomic E-state index is 13.5. The molecule has 84 valence electrons. The van der Waals surface area contributed by atoms with E-state index in [2.05, 4.69) is 15.4 Å². The predicted octanol–water partition coefficient (Wildman–Crippen LogP) is 2.19. The quantitative estimate of drug-likeness (QED) is 0.855. The van der Waals surface area contributed by atoms with Gasteiger partial charge < -0.3 is 5.32 Å². The van der Waals surface area contributed by atoms with E-state index >= 15 is 0 Å². The first-order valence-electron chi connectivity index (χ1n) is 4.36. The van der Waals surface area contributed by atoms with Gasteiger partial charge in [-0.15, -0.1) is 0 Å². The van der Waals surface area contributed by atoms with E-state index in [0.29, 0.717) is 0 Å². The van der Waals surface area contributed by atoms with Crippen molar-refractivity contribution < 1.29 is 8.78 Å². The Balaban J connectivity index is 2.56. The second-order valence-corrected chi connectivity index (χ2v) is 4.22. The standard InChI is InChI=1S/C9H7F2IN4/c1-13-8-6(10)2-7(11)9(15-8)16-4-5(12)3-14-16/h2-4H,1H3,(H,13,15). The molecule has 0 spiro atoms. The van der Waals surface area contributed by atoms with Gasteiger partial charge in [-0.2, -0.15) is 5.10 Å². The molecule has 0 saturated heterocycles. The first-order chi connectivity index (χ1) is 7.61. The normalized spacial score (nSPS) is 10.5. The molecule has 0 atom stereocenters. The van der Waals surface area contributed by atoms with Crippen molar-refractivity contribution in [2.75, 3.05) is 12.4 Å². The lowest BCUT2D eigenvalue weighted by Crippen LogP contribution is -2.06. The molecule has 0 aliphatic carbocycles. The number of aromatic nitrogens is 3. The third-order valence-electron chi connectivity index (χ3n) is 1.92. The SMILES string of the molecule is CNc1nc(-n2cc(I)cn2)c(F)cc1F. The Labute approximate surface area is 104 Å². The Morgan fingerprint density at radius 1 is 1.38 bits per heavy atom. The van der Waals surface area contributed by atoms with Crippen LogP contribution in [0.25, 0.3) is 5.82 Å². The fraction of sp³-hybridized carbons (Fsp3) is 0.111. The molecule has 2 rings (SSSR count). The van der Waals surface area contributed by atoms with Gasteiger partial charge in [0.15, 0.2) is 23.3 Å². The first kappa shape index (κ1) is 11.2. The fourth-order valence-corrected chi connectivity index (χ4v) is 1.60. The second kappa shape index (κ2) is 4.32. The van der Waals surface area contributed by atoms with Crippen molar-refractivity contribution in [1.29, 1.82) is 0 Å². The maximum absolute atomic E-state index is 13.5. The van der Waals surface area contributed by atoms with Crippen LogP contribution in [0.5, 0.6) is 0 Å². The van der Waals surface area contributed by atoms with E-state index in [-0.39, 0.29) is 11.6 Å². The molecule has 0 aliphatic heterocycles. The second-order valence-electron chi connectivity index (χ2n) is 2.98. The highest BCUT2D eigenvalue weighted by atomic mass is 127. The summed E-state index contributed by atoms with van der Waals surface area (Å²) in [5.41, 5.74) is 0. The summed E-state index contributed by atoms with van der Waals surface area (Å²) >= 11 is 2.04. The van der Waals surface area contributed by atoms with E-state index in [4.69, 9.17) is 0 Å². The minimum atomic E-state index is -0.754. The summed E-state index contributed by atoms with van der Waals surface area (Å²) in [6, 6.07) is 0.780. The Hall–Kier alpha value is -1.25. The van der Waals surface area contributed by atoms with Crippen LogP contribution in [0.1, 0.15) is 0 Å². The molecule has 0 fully saturated rings. The van der Waals surface area contributed by atoms with E-state index in [9.17, 15) is 8.78 Å². The zero-order chi connectivity index (χ0) is 11.7. The van der Waals surface area contributed by atoms with Crippen LogP contribution in [0.3, 0.4) is 0 Å². The maximum Gasteiger partial charge on any atom is 0.191 e. The molecule has 0 aromatic carbocycles. The molecule has 1 N–H and O–H groups in total. The molecular weight excluding hydrogens is 329 g/mol. The fourth-order valence-electron chi connectivity index (χ4n) is 1.21. The third kappa shape index (κ3) is 1.99. The van der Waals surface area contributed by atoms with Gasteiger partial charge in [0.2, 0.25) is 0 Å². The zero-order valence-corrected chi connectivity index (χ0v) is 10.4. The van der Waals surface area contributed by atoms with Crippen LogP contribution in [-0.4, -0.2) is 21.8 Å². The molecule has 16 heavy (non-hydrogen) atoms. The third-order valence-corrected chi connectivity index (χ3v) is 2.47. The molecule has 0 amide bonds. The number of anilines is 1. The van der Waals surface area contributed by atoms with Gasteiger partial charge in [0, 0.05) is 19.3 Å². The smallest absolute Gasteiger partial charge is 0.191 e. The van der Waals surface area contributed by atoms with Crippen LogP contribution in [0.4, 0.5) is 14.6 Å². The van der Waals surface area contributed by atoms with Crippen LogP contribution in [0, 0.1) is 15.2 Å². The summed E-state index contributed by atoms with van der Waals surface area (Å²) in [4.78, 5) is 3.81. The molecule has 2 heterocycles. The molecule has 0 radical (unpaired) electrons. The largest absolute Gasteiger partial charge is 0.371 e. The van der Waals surface area contributed by atoms with Gasteiger partial charge in [-0.1, -0.05) is 0 Å². The number of halogens is 3. The Bertz CT molecular complexity index is 526. The summed E-state index contributed by atoms with van der Waals surface area (Å²) in [7, 11) is 1.51. The molecule has 0 saturated carbocycles. The summed E-state index contributed by atoms with van der Waals surface area (Å²) < 4.78 is 28.7. The molecule has 0 unspecified atom stereocenters. The molecule has 2 aromatic heterocycles. The summed E-state index contributed by atoms with van der Waals surface area (Å²) in [5.74, 6) is -1.53. The number of nitrogens with one attached hydrogen (secondary N) is 1. The molecule has 2 aromatic rings. The van der Waals surface area contributed by atoms with Gasteiger partial charge in [0.05, 0.1) is 9.77 Å². The Morgan fingerprint density at radius 3 is 2.69 bits per heavy atom. The number of pyridine rings is 1. The number of hydrogen-bond donors (Lipinski definition) is 1. The van der Waals surface area contributed by atoms with Crippen LogP contribution < -0.4 is 5.32 Å². The Kier molecular flexibility index (Phi) is 3.03. The number of hydrogen-bond acceptors (Lipinski definition) is 3. The van der Waals surface area contributed by atoms with E-state index in [1.54, 1.807) is 12.4 Å². The lowest BCUT2D eigenvalue weighted by molar-refractivity contribution is 0.563. The van der Waals surface area contributed by atoms with Crippen molar-refractivity contribution in [1.82, 2.24) is 14.8 Å². The lowest BCUT2D eigenvalue weighted by Gasteiger charge is -2.06. The van der Waals surface area contributed by atoms with Gasteiger partial charge in [-0.25, -0.2) is 18.4 Å². The van der Waals surface area contributed by atoms with E-state index in [1.165, 1.54) is 11.7 Å². The lowest BCUT2D eigenvalue weighted by atomic mass is 10.4. The molecule has 0 bridgehead atoms. The number of nitrogens with zero attached hydrogens (tertiary/aromatic N) is 3. The van der Waals surface area contributed by atoms with Crippen LogP contribution in [0.2, 0.25) is 0 Å². The number of rotatable bonds is 2. The predicted molar refractivity (Wildman–Crippen MR) is 63.5 cm³/mol. The minimum Gasteiger partial charge on any atom is -0.371 e. The topological polar surface area (TPSA) is 42.7 Å². The van der Waals surface area contributed by atoms with Gasteiger partial charge in [0.1, 0.15) is 0 Å². The van der Waals surface area contributed by atoms with E-state index in [0.717, 1.165) is 9.64 Å². The van der Waals surface area contributed by atoms with E-state index in [1.807, 2.05) is 22.6 Å². The summed E-state index contributed by atoms with van der Waals surface area (Å²) in [6.07, 6.45) is 3.16. The highest BCUT2D eigenvalue weighted by Gasteiger charge is 2.13. The van der Waals surface area contributed by atoms with Crippen molar-refractivity contribution >= 4 is 28.4 Å². The molecule has 7 heteroatoms. The molecular formula is C9H7F2IN4. The van der Waals surface area contributed by atoms with Crippen LogP contribution >= 0.6 is 22.6 Å². The average Bonchev–Trinajstić information content (AvgIpc) is 2.65. The minimum absolute atomic E-state index is 0.0121. The van der Waals surface area contributed by atoms with Crippen LogP contribution in [0.15, 0.2) is 18.5 Å². The van der Waals surface area contributed by atoms with Gasteiger partial charge in [0.25, 0.3) is 0 Å². The highest BCUT2D eigenvalue weighted by molar-refractivity contribution is 14.1. The van der Waals surface area contributed by atoms with Gasteiger partial charge in [-0.05, 0) is 22.6 Å². The first-order valence-corrected chi connectivity index (χ1v) is 5.44. The monoisotopic (exact) mass is 336 g/mol. The summed E-state index contributed by atoms with van der Waals surface area (Å²) in [6.45, 7) is 0. The zero-order valence-electron chi connectivity index (χ0n) is 8.21. The summed E-state index contributed by atoms with van der Waals surface area (Å²) in [5, 5.41) is 6.45.